The Labute approximate surface area is 126 Å². The first-order chi connectivity index (χ1) is 9.76. The Morgan fingerprint density at radius 2 is 2.10 bits per heavy atom. The molecule has 6 heteroatoms. The van der Waals surface area contributed by atoms with E-state index in [9.17, 15) is 0 Å². The van der Waals surface area contributed by atoms with Crippen LogP contribution in [0.25, 0.3) is 11.5 Å². The highest BCUT2D eigenvalue weighted by Gasteiger charge is 2.24. The monoisotopic (exact) mass is 336 g/mol. The molecule has 2 aromatic rings. The molecule has 0 radical (unpaired) electrons. The van der Waals surface area contributed by atoms with Gasteiger partial charge in [-0.25, -0.2) is 0 Å². The predicted molar refractivity (Wildman–Crippen MR) is 79.9 cm³/mol. The van der Waals surface area contributed by atoms with Gasteiger partial charge in [-0.2, -0.15) is 0 Å². The fraction of sp³-hybridized carbons (Fsp3) is 0.429. The van der Waals surface area contributed by atoms with Crippen molar-refractivity contribution in [3.63, 3.8) is 0 Å². The Balaban J connectivity index is 1.72. The number of nitrogens with two attached hydrogens (primary N) is 1. The molecule has 1 atom stereocenters. The topological polar surface area (TPSA) is 68.2 Å². The zero-order chi connectivity index (χ0) is 13.9. The normalized spacial score (nSPS) is 19.6. The molecular formula is C14H17BrN4O. The summed E-state index contributed by atoms with van der Waals surface area (Å²) in [6.07, 6.45) is 2.35. The summed E-state index contributed by atoms with van der Waals surface area (Å²) in [4.78, 5) is 2.32. The summed E-state index contributed by atoms with van der Waals surface area (Å²) >= 11 is 3.41. The van der Waals surface area contributed by atoms with Gasteiger partial charge in [-0.05, 0) is 43.7 Å². The standard InChI is InChI=1S/C14H17BrN4O/c15-11-5-3-10(4-6-11)14-18-17-13(20-14)9-19-7-1-2-12(19)8-16/h3-6,12H,1-2,7-9,16H2. The Bertz CT molecular complexity index is 569. The minimum atomic E-state index is 0.443. The Hall–Kier alpha value is -1.24. The highest BCUT2D eigenvalue weighted by Crippen LogP contribution is 2.23. The molecule has 5 nitrogen and oxygen atoms in total. The van der Waals surface area contributed by atoms with Crippen molar-refractivity contribution in [2.75, 3.05) is 13.1 Å². The van der Waals surface area contributed by atoms with Crippen LogP contribution in [0.1, 0.15) is 18.7 Å². The lowest BCUT2D eigenvalue weighted by molar-refractivity contribution is 0.226. The van der Waals surface area contributed by atoms with Crippen molar-refractivity contribution in [2.45, 2.75) is 25.4 Å². The fourth-order valence-corrected chi connectivity index (χ4v) is 2.83. The van der Waals surface area contributed by atoms with Crippen molar-refractivity contribution in [3.8, 4) is 11.5 Å². The highest BCUT2D eigenvalue weighted by atomic mass is 79.9. The van der Waals surface area contributed by atoms with Crippen molar-refractivity contribution in [1.82, 2.24) is 15.1 Å². The Morgan fingerprint density at radius 3 is 2.85 bits per heavy atom. The molecule has 0 amide bonds. The summed E-state index contributed by atoms with van der Waals surface area (Å²) in [5, 5.41) is 8.26. The number of nitrogens with zero attached hydrogens (tertiary/aromatic N) is 3. The quantitative estimate of drug-likeness (QED) is 0.928. The smallest absolute Gasteiger partial charge is 0.247 e. The fourth-order valence-electron chi connectivity index (χ4n) is 2.57. The zero-order valence-electron chi connectivity index (χ0n) is 11.1. The average molecular weight is 337 g/mol. The lowest BCUT2D eigenvalue weighted by Crippen LogP contribution is -2.34. The van der Waals surface area contributed by atoms with Crippen LogP contribution in [0.15, 0.2) is 33.2 Å². The predicted octanol–water partition coefficient (Wildman–Crippen LogP) is 2.42. The number of aromatic nitrogens is 2. The number of benzene rings is 1. The molecule has 2 N–H and O–H groups in total. The van der Waals surface area contributed by atoms with Gasteiger partial charge in [0.05, 0.1) is 6.54 Å². The van der Waals surface area contributed by atoms with Gasteiger partial charge < -0.3 is 10.2 Å². The van der Waals surface area contributed by atoms with Crippen LogP contribution in [0.2, 0.25) is 0 Å². The van der Waals surface area contributed by atoms with Crippen LogP contribution >= 0.6 is 15.9 Å². The number of hydrogen-bond acceptors (Lipinski definition) is 5. The van der Waals surface area contributed by atoms with E-state index >= 15 is 0 Å². The molecule has 0 saturated carbocycles. The van der Waals surface area contributed by atoms with Crippen molar-refractivity contribution >= 4 is 15.9 Å². The van der Waals surface area contributed by atoms with Gasteiger partial charge in [-0.3, -0.25) is 4.90 Å². The van der Waals surface area contributed by atoms with Crippen LogP contribution in [-0.4, -0.2) is 34.2 Å². The second-order valence-electron chi connectivity index (χ2n) is 5.01. The molecule has 0 spiro atoms. The van der Waals surface area contributed by atoms with Crippen LogP contribution in [-0.2, 0) is 6.54 Å². The third kappa shape index (κ3) is 2.92. The molecule has 106 valence electrons. The van der Waals surface area contributed by atoms with Gasteiger partial charge in [0.15, 0.2) is 0 Å². The highest BCUT2D eigenvalue weighted by molar-refractivity contribution is 9.10. The largest absolute Gasteiger partial charge is 0.419 e. The molecule has 3 rings (SSSR count). The van der Waals surface area contributed by atoms with Gasteiger partial charge in [0.1, 0.15) is 0 Å². The van der Waals surface area contributed by atoms with E-state index in [0.717, 1.165) is 23.0 Å². The van der Waals surface area contributed by atoms with Crippen molar-refractivity contribution in [3.05, 3.63) is 34.6 Å². The summed E-state index contributed by atoms with van der Waals surface area (Å²) in [5.74, 6) is 1.22. The van der Waals surface area contributed by atoms with E-state index in [-0.39, 0.29) is 0 Å². The van der Waals surface area contributed by atoms with E-state index in [1.807, 2.05) is 24.3 Å². The first kappa shape index (κ1) is 13.7. The Morgan fingerprint density at radius 1 is 1.30 bits per heavy atom. The lowest BCUT2D eigenvalue weighted by atomic mass is 10.2. The first-order valence-electron chi connectivity index (χ1n) is 6.78. The second-order valence-corrected chi connectivity index (χ2v) is 5.93. The maximum Gasteiger partial charge on any atom is 0.247 e. The molecule has 2 heterocycles. The molecule has 1 aromatic carbocycles. The van der Waals surface area contributed by atoms with Crippen molar-refractivity contribution in [2.24, 2.45) is 5.73 Å². The SMILES string of the molecule is NCC1CCCN1Cc1nnc(-c2ccc(Br)cc2)o1. The van der Waals surface area contributed by atoms with Gasteiger partial charge in [0.25, 0.3) is 0 Å². The van der Waals surface area contributed by atoms with Crippen LogP contribution in [0, 0.1) is 0 Å². The number of hydrogen-bond donors (Lipinski definition) is 1. The molecule has 1 saturated heterocycles. The Kier molecular flexibility index (Phi) is 4.14. The zero-order valence-corrected chi connectivity index (χ0v) is 12.7. The van der Waals surface area contributed by atoms with Gasteiger partial charge in [0.2, 0.25) is 11.8 Å². The molecule has 0 aliphatic carbocycles. The number of rotatable bonds is 4. The van der Waals surface area contributed by atoms with E-state index < -0.39 is 0 Å². The van der Waals surface area contributed by atoms with Crippen LogP contribution in [0.3, 0.4) is 0 Å². The summed E-state index contributed by atoms with van der Waals surface area (Å²) < 4.78 is 6.78. The maximum atomic E-state index is 5.78. The molecule has 1 aliphatic heterocycles. The van der Waals surface area contributed by atoms with Gasteiger partial charge >= 0.3 is 0 Å². The van der Waals surface area contributed by atoms with E-state index in [0.29, 0.717) is 30.9 Å². The lowest BCUT2D eigenvalue weighted by Gasteiger charge is -2.20. The molecule has 1 aromatic heterocycles. The third-order valence-electron chi connectivity index (χ3n) is 3.67. The number of likely N-dealkylation sites (tertiary alicyclic amines) is 1. The van der Waals surface area contributed by atoms with Crippen LogP contribution < -0.4 is 5.73 Å². The third-order valence-corrected chi connectivity index (χ3v) is 4.20. The summed E-state index contributed by atoms with van der Waals surface area (Å²) in [5.41, 5.74) is 6.71. The van der Waals surface area contributed by atoms with Gasteiger partial charge in [0, 0.05) is 22.6 Å². The average Bonchev–Trinajstić information content (AvgIpc) is 3.09. The number of halogens is 1. The van der Waals surface area contributed by atoms with E-state index in [1.54, 1.807) is 0 Å². The second kappa shape index (κ2) is 6.03. The summed E-state index contributed by atoms with van der Waals surface area (Å²) in [6, 6.07) is 8.28. The molecular weight excluding hydrogens is 320 g/mol. The van der Waals surface area contributed by atoms with E-state index in [2.05, 4.69) is 31.0 Å². The molecule has 1 aliphatic rings. The van der Waals surface area contributed by atoms with Crippen LogP contribution in [0.4, 0.5) is 0 Å². The van der Waals surface area contributed by atoms with Gasteiger partial charge in [-0.15, -0.1) is 10.2 Å². The molecule has 1 fully saturated rings. The first-order valence-corrected chi connectivity index (χ1v) is 7.58. The van der Waals surface area contributed by atoms with E-state index in [4.69, 9.17) is 10.2 Å². The van der Waals surface area contributed by atoms with Gasteiger partial charge in [-0.1, -0.05) is 15.9 Å². The minimum Gasteiger partial charge on any atom is -0.419 e. The van der Waals surface area contributed by atoms with E-state index in [1.165, 1.54) is 6.42 Å². The summed E-state index contributed by atoms with van der Waals surface area (Å²) in [6.45, 7) is 2.43. The van der Waals surface area contributed by atoms with Crippen molar-refractivity contribution in [1.29, 1.82) is 0 Å². The van der Waals surface area contributed by atoms with Crippen LogP contribution in [0.5, 0.6) is 0 Å². The maximum absolute atomic E-state index is 5.78. The molecule has 0 bridgehead atoms. The minimum absolute atomic E-state index is 0.443. The molecule has 20 heavy (non-hydrogen) atoms. The van der Waals surface area contributed by atoms with Crippen molar-refractivity contribution < 1.29 is 4.42 Å². The summed E-state index contributed by atoms with van der Waals surface area (Å²) in [7, 11) is 0. The molecule has 1 unspecified atom stereocenters.